The highest BCUT2D eigenvalue weighted by Gasteiger charge is 2.27. The summed E-state index contributed by atoms with van der Waals surface area (Å²) in [4.78, 5) is 2.27. The minimum atomic E-state index is 0.323. The van der Waals surface area contributed by atoms with Gasteiger partial charge in [0, 0.05) is 19.5 Å². The van der Waals surface area contributed by atoms with Crippen molar-refractivity contribution in [1.29, 1.82) is 5.41 Å². The molecule has 0 unspecified atom stereocenters. The predicted octanol–water partition coefficient (Wildman–Crippen LogP) is 3.13. The highest BCUT2D eigenvalue weighted by atomic mass is 15.2. The average molecular weight is 196 g/mol. The van der Waals surface area contributed by atoms with E-state index in [0.717, 1.165) is 25.3 Å². The molecular formula is C12H24N2. The quantitative estimate of drug-likeness (QED) is 0.737. The summed E-state index contributed by atoms with van der Waals surface area (Å²) in [5.74, 6) is 1.53. The van der Waals surface area contributed by atoms with E-state index in [1.807, 2.05) is 0 Å². The summed E-state index contributed by atoms with van der Waals surface area (Å²) in [7, 11) is 0. The highest BCUT2D eigenvalue weighted by Crippen LogP contribution is 2.28. The summed E-state index contributed by atoms with van der Waals surface area (Å²) in [6, 6.07) is 0. The molecule has 1 saturated heterocycles. The third-order valence-corrected chi connectivity index (χ3v) is 3.63. The zero-order chi connectivity index (χ0) is 10.8. The fourth-order valence-electron chi connectivity index (χ4n) is 1.74. The molecule has 1 fully saturated rings. The van der Waals surface area contributed by atoms with Crippen LogP contribution >= 0.6 is 0 Å². The zero-order valence-corrected chi connectivity index (χ0v) is 10.1. The van der Waals surface area contributed by atoms with Gasteiger partial charge in [-0.25, -0.2) is 0 Å². The van der Waals surface area contributed by atoms with Gasteiger partial charge < -0.3 is 4.90 Å². The fraction of sp³-hybridized carbons (Fsp3) is 0.917. The molecule has 0 aromatic rings. The van der Waals surface area contributed by atoms with Crippen molar-refractivity contribution in [2.45, 2.75) is 47.0 Å². The van der Waals surface area contributed by atoms with E-state index in [4.69, 9.17) is 5.41 Å². The number of amidine groups is 1. The van der Waals surface area contributed by atoms with Gasteiger partial charge in [-0.05, 0) is 24.2 Å². The summed E-state index contributed by atoms with van der Waals surface area (Å²) in [6.07, 6.45) is 3.45. The molecule has 82 valence electrons. The first-order valence-electron chi connectivity index (χ1n) is 5.76. The van der Waals surface area contributed by atoms with Crippen LogP contribution in [-0.2, 0) is 0 Å². The Bertz CT molecular complexity index is 206. The molecule has 0 bridgehead atoms. The second kappa shape index (κ2) is 4.33. The number of nitrogens with one attached hydrogen (secondary N) is 1. The van der Waals surface area contributed by atoms with E-state index in [2.05, 4.69) is 32.6 Å². The van der Waals surface area contributed by atoms with E-state index in [1.165, 1.54) is 12.8 Å². The number of rotatable bonds is 3. The van der Waals surface area contributed by atoms with Crippen LogP contribution in [0.4, 0.5) is 0 Å². The van der Waals surface area contributed by atoms with E-state index in [1.54, 1.807) is 0 Å². The fourth-order valence-corrected chi connectivity index (χ4v) is 1.74. The molecular weight excluding hydrogens is 172 g/mol. The normalized spacial score (nSPS) is 19.2. The number of nitrogens with zero attached hydrogens (tertiary/aromatic N) is 1. The van der Waals surface area contributed by atoms with Gasteiger partial charge in [-0.15, -0.1) is 0 Å². The molecule has 1 aliphatic rings. The van der Waals surface area contributed by atoms with Crippen LogP contribution in [0, 0.1) is 16.7 Å². The Morgan fingerprint density at radius 3 is 2.50 bits per heavy atom. The molecule has 0 atom stereocenters. The molecule has 1 N–H and O–H groups in total. The van der Waals surface area contributed by atoms with Crippen LogP contribution in [0.1, 0.15) is 47.0 Å². The minimum absolute atomic E-state index is 0.323. The van der Waals surface area contributed by atoms with Gasteiger partial charge in [-0.1, -0.05) is 27.7 Å². The Morgan fingerprint density at radius 1 is 1.36 bits per heavy atom. The largest absolute Gasteiger partial charge is 0.360 e. The molecule has 0 radical (unpaired) electrons. The second-order valence-corrected chi connectivity index (χ2v) is 5.47. The maximum atomic E-state index is 7.89. The molecule has 0 aromatic heterocycles. The van der Waals surface area contributed by atoms with Gasteiger partial charge in [0.1, 0.15) is 0 Å². The third kappa shape index (κ3) is 2.73. The van der Waals surface area contributed by atoms with Crippen molar-refractivity contribution < 1.29 is 0 Å². The molecule has 0 amide bonds. The molecule has 0 aliphatic carbocycles. The van der Waals surface area contributed by atoms with E-state index < -0.39 is 0 Å². The van der Waals surface area contributed by atoms with Gasteiger partial charge in [0.2, 0.25) is 0 Å². The molecule has 1 rings (SSSR count). The van der Waals surface area contributed by atoms with Crippen LogP contribution in [0.15, 0.2) is 0 Å². The van der Waals surface area contributed by atoms with Crippen molar-refractivity contribution in [2.75, 3.05) is 13.1 Å². The van der Waals surface area contributed by atoms with Gasteiger partial charge in [0.15, 0.2) is 0 Å². The third-order valence-electron chi connectivity index (χ3n) is 3.63. The molecule has 0 aromatic carbocycles. The van der Waals surface area contributed by atoms with Crippen LogP contribution < -0.4 is 0 Å². The van der Waals surface area contributed by atoms with Crippen LogP contribution in [0.25, 0.3) is 0 Å². The van der Waals surface area contributed by atoms with Gasteiger partial charge in [-0.3, -0.25) is 5.41 Å². The predicted molar refractivity (Wildman–Crippen MR) is 61.8 cm³/mol. The van der Waals surface area contributed by atoms with Gasteiger partial charge in [0.25, 0.3) is 0 Å². The Hall–Kier alpha value is -0.530. The lowest BCUT2D eigenvalue weighted by Crippen LogP contribution is -2.43. The van der Waals surface area contributed by atoms with Gasteiger partial charge in [0.05, 0.1) is 5.84 Å². The van der Waals surface area contributed by atoms with E-state index >= 15 is 0 Å². The maximum absolute atomic E-state index is 7.89. The number of hydrogen-bond donors (Lipinski definition) is 1. The van der Waals surface area contributed by atoms with Crippen LogP contribution in [-0.4, -0.2) is 23.8 Å². The van der Waals surface area contributed by atoms with Crippen molar-refractivity contribution in [3.8, 4) is 0 Å². The van der Waals surface area contributed by atoms with E-state index in [9.17, 15) is 0 Å². The Balaban J connectivity index is 2.53. The Kier molecular flexibility index (Phi) is 3.57. The SMILES string of the molecule is CC(C)C(C)(C)CN1CCCCC1=N. The van der Waals surface area contributed by atoms with Crippen molar-refractivity contribution in [2.24, 2.45) is 11.3 Å². The second-order valence-electron chi connectivity index (χ2n) is 5.47. The van der Waals surface area contributed by atoms with Gasteiger partial charge >= 0.3 is 0 Å². The number of piperidine rings is 1. The van der Waals surface area contributed by atoms with E-state index in [-0.39, 0.29) is 0 Å². The van der Waals surface area contributed by atoms with Crippen molar-refractivity contribution in [1.82, 2.24) is 4.90 Å². The highest BCUT2D eigenvalue weighted by molar-refractivity contribution is 5.79. The minimum Gasteiger partial charge on any atom is -0.360 e. The lowest BCUT2D eigenvalue weighted by molar-refractivity contribution is 0.174. The van der Waals surface area contributed by atoms with Crippen LogP contribution in [0.2, 0.25) is 0 Å². The van der Waals surface area contributed by atoms with Crippen molar-refractivity contribution >= 4 is 5.84 Å². The van der Waals surface area contributed by atoms with Crippen molar-refractivity contribution in [3.05, 3.63) is 0 Å². The molecule has 0 spiro atoms. The van der Waals surface area contributed by atoms with Crippen LogP contribution in [0.3, 0.4) is 0 Å². The standard InChI is InChI=1S/C12H24N2/c1-10(2)12(3,4)9-14-8-6-5-7-11(14)13/h10,13H,5-9H2,1-4H3. The summed E-state index contributed by atoms with van der Waals surface area (Å²) in [5, 5.41) is 7.89. The smallest absolute Gasteiger partial charge is 0.0957 e. The van der Waals surface area contributed by atoms with E-state index in [0.29, 0.717) is 11.3 Å². The van der Waals surface area contributed by atoms with Gasteiger partial charge in [-0.2, -0.15) is 0 Å². The average Bonchev–Trinajstić information content (AvgIpc) is 2.08. The molecule has 1 heterocycles. The Morgan fingerprint density at radius 2 is 2.00 bits per heavy atom. The topological polar surface area (TPSA) is 27.1 Å². The lowest BCUT2D eigenvalue weighted by Gasteiger charge is -2.38. The summed E-state index contributed by atoms with van der Waals surface area (Å²) >= 11 is 0. The first kappa shape index (κ1) is 11.5. The first-order valence-corrected chi connectivity index (χ1v) is 5.76. The maximum Gasteiger partial charge on any atom is 0.0957 e. The molecule has 2 nitrogen and oxygen atoms in total. The number of likely N-dealkylation sites (tertiary alicyclic amines) is 1. The molecule has 2 heteroatoms. The number of hydrogen-bond acceptors (Lipinski definition) is 1. The summed E-state index contributed by atoms with van der Waals surface area (Å²) in [5.41, 5.74) is 0.323. The summed E-state index contributed by atoms with van der Waals surface area (Å²) < 4.78 is 0. The first-order chi connectivity index (χ1) is 6.43. The lowest BCUT2D eigenvalue weighted by atomic mass is 9.80. The van der Waals surface area contributed by atoms with Crippen molar-refractivity contribution in [3.63, 3.8) is 0 Å². The molecule has 0 saturated carbocycles. The molecule has 14 heavy (non-hydrogen) atoms. The molecule has 1 aliphatic heterocycles. The summed E-state index contributed by atoms with van der Waals surface area (Å²) in [6.45, 7) is 11.3. The Labute approximate surface area is 88.2 Å². The zero-order valence-electron chi connectivity index (χ0n) is 10.1. The van der Waals surface area contributed by atoms with Crippen LogP contribution in [0.5, 0.6) is 0 Å². The monoisotopic (exact) mass is 196 g/mol.